The summed E-state index contributed by atoms with van der Waals surface area (Å²) in [6.45, 7) is 2.36. The number of halogens is 1. The van der Waals surface area contributed by atoms with Gasteiger partial charge in [0, 0.05) is 16.6 Å². The van der Waals surface area contributed by atoms with Crippen LogP contribution in [0.3, 0.4) is 0 Å². The summed E-state index contributed by atoms with van der Waals surface area (Å²) in [4.78, 5) is 30.4. The molecule has 0 spiro atoms. The van der Waals surface area contributed by atoms with E-state index in [-0.39, 0.29) is 11.5 Å². The van der Waals surface area contributed by atoms with Crippen molar-refractivity contribution in [1.82, 2.24) is 4.90 Å². The van der Waals surface area contributed by atoms with E-state index < -0.39 is 5.97 Å². The van der Waals surface area contributed by atoms with Crippen LogP contribution in [-0.2, 0) is 4.79 Å². The van der Waals surface area contributed by atoms with Crippen LogP contribution in [0.2, 0.25) is 0 Å². The molecule has 0 atom stereocenters. The summed E-state index contributed by atoms with van der Waals surface area (Å²) >= 11 is 4.71. The van der Waals surface area contributed by atoms with Gasteiger partial charge >= 0.3 is 5.97 Å². The third-order valence-electron chi connectivity index (χ3n) is 4.02. The number of carboxylic acids is 1. The first-order chi connectivity index (χ1) is 13.4. The van der Waals surface area contributed by atoms with Crippen molar-refractivity contribution < 1.29 is 19.4 Å². The van der Waals surface area contributed by atoms with Gasteiger partial charge in [0.05, 0.1) is 23.3 Å². The Balaban J connectivity index is 1.94. The van der Waals surface area contributed by atoms with E-state index in [0.29, 0.717) is 28.1 Å². The fourth-order valence-corrected chi connectivity index (χ4v) is 4.05. The van der Waals surface area contributed by atoms with Gasteiger partial charge in [-0.1, -0.05) is 15.9 Å². The van der Waals surface area contributed by atoms with Crippen LogP contribution < -0.4 is 4.74 Å². The van der Waals surface area contributed by atoms with Crippen LogP contribution in [-0.4, -0.2) is 40.7 Å². The smallest absolute Gasteiger partial charge is 0.335 e. The first kappa shape index (κ1) is 20.2. The zero-order valence-corrected chi connectivity index (χ0v) is 17.6. The molecule has 0 unspecified atom stereocenters. The largest absolute Gasteiger partial charge is 0.496 e. The highest BCUT2D eigenvalue weighted by Crippen LogP contribution is 2.36. The summed E-state index contributed by atoms with van der Waals surface area (Å²) in [5, 5.41) is 9.55. The van der Waals surface area contributed by atoms with Crippen molar-refractivity contribution >= 4 is 56.5 Å². The van der Waals surface area contributed by atoms with Crippen molar-refractivity contribution in [1.29, 1.82) is 0 Å². The summed E-state index contributed by atoms with van der Waals surface area (Å²) in [6, 6.07) is 11.8. The third-order valence-corrected chi connectivity index (χ3v) is 5.52. The Kier molecular flexibility index (Phi) is 6.21. The van der Waals surface area contributed by atoms with Gasteiger partial charge in [0.1, 0.15) is 5.75 Å². The van der Waals surface area contributed by atoms with Crippen molar-refractivity contribution in [3.05, 3.63) is 63.0 Å². The summed E-state index contributed by atoms with van der Waals surface area (Å²) in [7, 11) is 1.58. The SMILES string of the molecule is CCN1C(=O)/C(=C\c2cc(Br)ccc2OC)SC1=Nc1ccc(C(=O)O)cc1. The molecule has 1 aliphatic rings. The number of amidine groups is 1. The van der Waals surface area contributed by atoms with E-state index in [4.69, 9.17) is 9.84 Å². The number of thioether (sulfide) groups is 1. The third kappa shape index (κ3) is 4.28. The molecule has 1 aliphatic heterocycles. The van der Waals surface area contributed by atoms with Crippen molar-refractivity contribution in [2.75, 3.05) is 13.7 Å². The Hall–Kier alpha value is -2.58. The minimum absolute atomic E-state index is 0.129. The van der Waals surface area contributed by atoms with Crippen LogP contribution in [0, 0.1) is 0 Å². The van der Waals surface area contributed by atoms with E-state index in [1.807, 2.05) is 25.1 Å². The number of carbonyl (C=O) groups is 2. The van der Waals surface area contributed by atoms with Gasteiger partial charge in [-0.15, -0.1) is 0 Å². The number of hydrogen-bond donors (Lipinski definition) is 1. The first-order valence-corrected chi connectivity index (χ1v) is 10.0. The molecular weight excluding hydrogens is 444 g/mol. The molecule has 1 amide bonds. The maximum atomic E-state index is 12.8. The molecule has 0 aromatic heterocycles. The van der Waals surface area contributed by atoms with Gasteiger partial charge in [-0.2, -0.15) is 0 Å². The lowest BCUT2D eigenvalue weighted by molar-refractivity contribution is -0.122. The molecule has 1 saturated heterocycles. The van der Waals surface area contributed by atoms with Crippen LogP contribution in [0.15, 0.2) is 56.8 Å². The van der Waals surface area contributed by atoms with Gasteiger partial charge in [-0.25, -0.2) is 9.79 Å². The van der Waals surface area contributed by atoms with E-state index >= 15 is 0 Å². The standard InChI is InChI=1S/C20H17BrN2O4S/c1-3-23-18(24)17(11-13-10-14(21)6-9-16(13)27-2)28-20(23)22-15-7-4-12(5-8-15)19(25)26/h4-11H,3H2,1-2H3,(H,25,26)/b17-11+,22-20?. The molecule has 0 bridgehead atoms. The second kappa shape index (κ2) is 8.62. The van der Waals surface area contributed by atoms with Crippen molar-refractivity contribution in [3.63, 3.8) is 0 Å². The zero-order chi connectivity index (χ0) is 20.3. The molecule has 3 rings (SSSR count). The lowest BCUT2D eigenvalue weighted by Crippen LogP contribution is -2.28. The Bertz CT molecular complexity index is 986. The maximum absolute atomic E-state index is 12.8. The van der Waals surface area contributed by atoms with Crippen molar-refractivity contribution in [3.8, 4) is 5.75 Å². The number of likely N-dealkylation sites (N-methyl/N-ethyl adjacent to an activating group) is 1. The fourth-order valence-electron chi connectivity index (χ4n) is 2.62. The average Bonchev–Trinajstić information content (AvgIpc) is 2.96. The molecule has 144 valence electrons. The number of nitrogens with zero attached hydrogens (tertiary/aromatic N) is 2. The predicted octanol–water partition coefficient (Wildman–Crippen LogP) is 4.78. The molecule has 2 aromatic carbocycles. The lowest BCUT2D eigenvalue weighted by atomic mass is 10.2. The van der Waals surface area contributed by atoms with Crippen LogP contribution in [0.1, 0.15) is 22.8 Å². The monoisotopic (exact) mass is 460 g/mol. The van der Waals surface area contributed by atoms with Crippen molar-refractivity contribution in [2.45, 2.75) is 6.92 Å². The van der Waals surface area contributed by atoms with Crippen molar-refractivity contribution in [2.24, 2.45) is 4.99 Å². The second-order valence-electron chi connectivity index (χ2n) is 5.79. The van der Waals surface area contributed by atoms with E-state index in [0.717, 1.165) is 10.0 Å². The van der Waals surface area contributed by atoms with Crippen LogP contribution in [0.5, 0.6) is 5.75 Å². The fraction of sp³-hybridized carbons (Fsp3) is 0.150. The Morgan fingerprint density at radius 1 is 1.29 bits per heavy atom. The number of aliphatic imine (C=N–C) groups is 1. The van der Waals surface area contributed by atoms with Gasteiger partial charge < -0.3 is 9.84 Å². The maximum Gasteiger partial charge on any atom is 0.335 e. The van der Waals surface area contributed by atoms with Gasteiger partial charge in [0.15, 0.2) is 5.17 Å². The summed E-state index contributed by atoms with van der Waals surface area (Å²) in [5.74, 6) is -0.453. The van der Waals surface area contributed by atoms with E-state index in [1.165, 1.54) is 23.9 Å². The molecule has 0 aliphatic carbocycles. The van der Waals surface area contributed by atoms with Gasteiger partial charge in [-0.05, 0) is 67.2 Å². The number of benzene rings is 2. The number of hydrogen-bond acceptors (Lipinski definition) is 5. The van der Waals surface area contributed by atoms with E-state index in [2.05, 4.69) is 20.9 Å². The lowest BCUT2D eigenvalue weighted by Gasteiger charge is -2.12. The molecule has 0 radical (unpaired) electrons. The van der Waals surface area contributed by atoms with Gasteiger partial charge in [0.2, 0.25) is 0 Å². The number of aromatic carboxylic acids is 1. The Morgan fingerprint density at radius 2 is 2.00 bits per heavy atom. The highest BCUT2D eigenvalue weighted by atomic mass is 79.9. The Labute approximate surface area is 175 Å². The number of rotatable bonds is 5. The zero-order valence-electron chi connectivity index (χ0n) is 15.2. The number of amides is 1. The van der Waals surface area contributed by atoms with E-state index in [1.54, 1.807) is 30.2 Å². The van der Waals surface area contributed by atoms with Gasteiger partial charge in [-0.3, -0.25) is 9.69 Å². The molecule has 8 heteroatoms. The number of carboxylic acid groups (broad SMARTS) is 1. The average molecular weight is 461 g/mol. The predicted molar refractivity (Wildman–Crippen MR) is 114 cm³/mol. The Morgan fingerprint density at radius 3 is 2.61 bits per heavy atom. The molecule has 2 aromatic rings. The molecule has 1 fully saturated rings. The van der Waals surface area contributed by atoms with Crippen LogP contribution >= 0.6 is 27.7 Å². The minimum Gasteiger partial charge on any atom is -0.496 e. The second-order valence-corrected chi connectivity index (χ2v) is 7.72. The van der Waals surface area contributed by atoms with Crippen LogP contribution in [0.4, 0.5) is 5.69 Å². The molecular formula is C20H17BrN2O4S. The quantitative estimate of drug-likeness (QED) is 0.649. The molecule has 0 saturated carbocycles. The normalized spacial score (nSPS) is 16.8. The molecule has 1 heterocycles. The molecule has 1 N–H and O–H groups in total. The number of carbonyl (C=O) groups excluding carboxylic acids is 1. The topological polar surface area (TPSA) is 79.2 Å². The summed E-state index contributed by atoms with van der Waals surface area (Å²) in [5.41, 5.74) is 1.56. The number of methoxy groups -OCH3 is 1. The minimum atomic E-state index is -0.993. The summed E-state index contributed by atoms with van der Waals surface area (Å²) in [6.07, 6.45) is 1.79. The molecule has 28 heavy (non-hydrogen) atoms. The number of ether oxygens (including phenoxy) is 1. The van der Waals surface area contributed by atoms with Gasteiger partial charge in [0.25, 0.3) is 5.91 Å². The first-order valence-electron chi connectivity index (χ1n) is 8.40. The highest BCUT2D eigenvalue weighted by molar-refractivity contribution is 9.10. The summed E-state index contributed by atoms with van der Waals surface area (Å²) < 4.78 is 6.26. The highest BCUT2D eigenvalue weighted by Gasteiger charge is 2.32. The van der Waals surface area contributed by atoms with Crippen LogP contribution in [0.25, 0.3) is 6.08 Å². The molecule has 6 nitrogen and oxygen atoms in total. The van der Waals surface area contributed by atoms with E-state index in [9.17, 15) is 9.59 Å².